The van der Waals surface area contributed by atoms with E-state index in [9.17, 15) is 13.2 Å². The Hall–Kier alpha value is -1.74. The fraction of sp³-hybridized carbons (Fsp3) is 0.560. The summed E-state index contributed by atoms with van der Waals surface area (Å²) in [5, 5.41) is 3.10. The molecule has 0 radical (unpaired) electrons. The van der Waals surface area contributed by atoms with Gasteiger partial charge < -0.3 is 5.32 Å². The highest BCUT2D eigenvalue weighted by Crippen LogP contribution is 2.28. The van der Waals surface area contributed by atoms with Gasteiger partial charge in [-0.15, -0.1) is 11.3 Å². The normalized spacial score (nSPS) is 22.8. The van der Waals surface area contributed by atoms with E-state index in [-0.39, 0.29) is 18.4 Å². The average molecular weight is 490 g/mol. The van der Waals surface area contributed by atoms with Crippen LogP contribution in [0.15, 0.2) is 40.6 Å². The van der Waals surface area contributed by atoms with Gasteiger partial charge in [0.1, 0.15) is 4.21 Å². The Kier molecular flexibility index (Phi) is 7.89. The molecule has 0 aliphatic carbocycles. The summed E-state index contributed by atoms with van der Waals surface area (Å²) in [6, 6.07) is 12.4. The third kappa shape index (κ3) is 5.85. The highest BCUT2D eigenvalue weighted by Gasteiger charge is 2.34. The first-order valence-corrected chi connectivity index (χ1v) is 14.3. The lowest BCUT2D eigenvalue weighted by molar-refractivity contribution is -0.126. The Balaban J connectivity index is 1.37. The van der Waals surface area contributed by atoms with Gasteiger partial charge in [0.2, 0.25) is 5.91 Å². The van der Waals surface area contributed by atoms with Gasteiger partial charge >= 0.3 is 0 Å². The van der Waals surface area contributed by atoms with E-state index in [2.05, 4.69) is 35.3 Å². The van der Waals surface area contributed by atoms with Crippen molar-refractivity contribution in [1.29, 1.82) is 0 Å². The van der Waals surface area contributed by atoms with Crippen molar-refractivity contribution < 1.29 is 13.2 Å². The quantitative estimate of drug-likeness (QED) is 0.634. The maximum absolute atomic E-state index is 13.0. The number of amides is 1. The van der Waals surface area contributed by atoms with Crippen molar-refractivity contribution in [2.45, 2.75) is 69.3 Å². The number of hydrogen-bond acceptors (Lipinski definition) is 5. The number of thiophene rings is 1. The number of piperidine rings is 2. The Morgan fingerprint density at radius 3 is 2.58 bits per heavy atom. The van der Waals surface area contributed by atoms with E-state index in [0.717, 1.165) is 23.5 Å². The number of benzene rings is 1. The Labute approximate surface area is 202 Å². The molecular weight excluding hydrogens is 454 g/mol. The number of carbonyl (C=O) groups excluding carboxylic acids is 1. The van der Waals surface area contributed by atoms with Crippen LogP contribution in [0.25, 0.3) is 0 Å². The minimum absolute atomic E-state index is 0.0570. The fourth-order valence-electron chi connectivity index (χ4n) is 4.87. The van der Waals surface area contributed by atoms with Gasteiger partial charge in [-0.2, -0.15) is 4.31 Å². The Morgan fingerprint density at radius 1 is 1.06 bits per heavy atom. The zero-order chi connectivity index (χ0) is 23.4. The van der Waals surface area contributed by atoms with E-state index in [1.165, 1.54) is 40.5 Å². The standard InChI is InChI=1S/C25H35N3O3S2/c1-19-8-5-6-14-27(19)17-22-10-4-3-9-21(22)16-26-25(29)23-11-7-15-28(18-23)33(30,31)24-13-12-20(2)32-24/h3-4,9-10,12-13,19,23H,5-8,11,14-18H2,1-2H3,(H,26,29). The lowest BCUT2D eigenvalue weighted by Crippen LogP contribution is -2.45. The van der Waals surface area contributed by atoms with Crippen LogP contribution in [0.5, 0.6) is 0 Å². The van der Waals surface area contributed by atoms with Gasteiger partial charge in [0.25, 0.3) is 10.0 Å². The van der Waals surface area contributed by atoms with Gasteiger partial charge in [-0.25, -0.2) is 8.42 Å². The fourth-order valence-corrected chi connectivity index (χ4v) is 7.84. The zero-order valence-electron chi connectivity index (χ0n) is 19.6. The summed E-state index contributed by atoms with van der Waals surface area (Å²) in [5.74, 6) is -0.373. The van der Waals surface area contributed by atoms with Crippen LogP contribution >= 0.6 is 11.3 Å². The Morgan fingerprint density at radius 2 is 1.85 bits per heavy atom. The molecule has 1 aromatic heterocycles. The Bertz CT molecular complexity index is 1070. The summed E-state index contributed by atoms with van der Waals surface area (Å²) in [7, 11) is -3.54. The molecule has 2 unspecified atom stereocenters. The van der Waals surface area contributed by atoms with Crippen molar-refractivity contribution in [3.8, 4) is 0 Å². The van der Waals surface area contributed by atoms with E-state index < -0.39 is 10.0 Å². The second kappa shape index (κ2) is 10.7. The van der Waals surface area contributed by atoms with E-state index in [4.69, 9.17) is 0 Å². The van der Waals surface area contributed by atoms with Crippen LogP contribution in [0, 0.1) is 12.8 Å². The lowest BCUT2D eigenvalue weighted by atomic mass is 9.98. The molecule has 2 aliphatic heterocycles. The minimum atomic E-state index is -3.54. The second-order valence-corrected chi connectivity index (χ2v) is 12.8. The van der Waals surface area contributed by atoms with Gasteiger partial charge in [0, 0.05) is 37.1 Å². The van der Waals surface area contributed by atoms with Crippen molar-refractivity contribution in [2.24, 2.45) is 5.92 Å². The molecule has 0 bridgehead atoms. The molecule has 2 saturated heterocycles. The maximum atomic E-state index is 13.0. The van der Waals surface area contributed by atoms with E-state index >= 15 is 0 Å². The van der Waals surface area contributed by atoms with Gasteiger partial charge in [0.15, 0.2) is 0 Å². The molecule has 6 nitrogen and oxygen atoms in total. The topological polar surface area (TPSA) is 69.7 Å². The molecule has 8 heteroatoms. The van der Waals surface area contributed by atoms with Crippen molar-refractivity contribution in [3.05, 3.63) is 52.4 Å². The summed E-state index contributed by atoms with van der Waals surface area (Å²) in [5.41, 5.74) is 2.39. The van der Waals surface area contributed by atoms with E-state index in [1.54, 1.807) is 6.07 Å². The van der Waals surface area contributed by atoms with E-state index in [1.807, 2.05) is 19.1 Å². The molecule has 180 valence electrons. The van der Waals surface area contributed by atoms with Crippen LogP contribution < -0.4 is 5.32 Å². The van der Waals surface area contributed by atoms with Gasteiger partial charge in [-0.3, -0.25) is 9.69 Å². The summed E-state index contributed by atoms with van der Waals surface area (Å²) in [6.07, 6.45) is 5.20. The van der Waals surface area contributed by atoms with Crippen molar-refractivity contribution in [3.63, 3.8) is 0 Å². The molecule has 1 N–H and O–H groups in total. The minimum Gasteiger partial charge on any atom is -0.352 e. The molecule has 33 heavy (non-hydrogen) atoms. The van der Waals surface area contributed by atoms with Crippen molar-refractivity contribution in [2.75, 3.05) is 19.6 Å². The first kappa shape index (κ1) is 24.4. The number of aryl methyl sites for hydroxylation is 1. The monoisotopic (exact) mass is 489 g/mol. The van der Waals surface area contributed by atoms with Crippen molar-refractivity contribution in [1.82, 2.24) is 14.5 Å². The third-order valence-corrected chi connectivity index (χ3v) is 10.3. The molecule has 2 aliphatic rings. The SMILES string of the molecule is Cc1ccc(S(=O)(=O)N2CCCC(C(=O)NCc3ccccc3CN3CCCCC3C)C2)s1. The predicted octanol–water partition coefficient (Wildman–Crippen LogP) is 4.15. The first-order valence-electron chi connectivity index (χ1n) is 12.0. The lowest BCUT2D eigenvalue weighted by Gasteiger charge is -2.34. The number of likely N-dealkylation sites (tertiary alicyclic amines) is 1. The van der Waals surface area contributed by atoms with Crippen LogP contribution in [0.4, 0.5) is 0 Å². The molecule has 2 atom stereocenters. The molecule has 2 fully saturated rings. The van der Waals surface area contributed by atoms with Crippen LogP contribution in [0.3, 0.4) is 0 Å². The summed E-state index contributed by atoms with van der Waals surface area (Å²) in [4.78, 5) is 16.5. The number of nitrogens with zero attached hydrogens (tertiary/aromatic N) is 2. The van der Waals surface area contributed by atoms with E-state index in [0.29, 0.717) is 36.2 Å². The molecule has 3 heterocycles. The highest BCUT2D eigenvalue weighted by atomic mass is 32.2. The van der Waals surface area contributed by atoms with Crippen LogP contribution in [-0.4, -0.2) is 49.2 Å². The highest BCUT2D eigenvalue weighted by molar-refractivity contribution is 7.91. The van der Waals surface area contributed by atoms with Crippen LogP contribution in [0.2, 0.25) is 0 Å². The summed E-state index contributed by atoms with van der Waals surface area (Å²) < 4.78 is 27.9. The third-order valence-electron chi connectivity index (χ3n) is 6.95. The number of hydrogen-bond donors (Lipinski definition) is 1. The number of sulfonamides is 1. The van der Waals surface area contributed by atoms with Crippen LogP contribution in [-0.2, 0) is 27.9 Å². The smallest absolute Gasteiger partial charge is 0.252 e. The van der Waals surface area contributed by atoms with Crippen molar-refractivity contribution >= 4 is 27.3 Å². The summed E-state index contributed by atoms with van der Waals surface area (Å²) in [6.45, 7) is 7.42. The van der Waals surface area contributed by atoms with Gasteiger partial charge in [-0.05, 0) is 69.3 Å². The number of nitrogens with one attached hydrogen (secondary N) is 1. The predicted molar refractivity (Wildman–Crippen MR) is 133 cm³/mol. The molecule has 4 rings (SSSR count). The molecule has 0 saturated carbocycles. The molecule has 2 aromatic rings. The number of carbonyl (C=O) groups is 1. The molecule has 1 aromatic carbocycles. The number of rotatable bonds is 7. The second-order valence-electron chi connectivity index (χ2n) is 9.37. The van der Waals surface area contributed by atoms with Gasteiger partial charge in [0.05, 0.1) is 5.92 Å². The molecular formula is C25H35N3O3S2. The zero-order valence-corrected chi connectivity index (χ0v) is 21.3. The average Bonchev–Trinajstić information content (AvgIpc) is 3.27. The molecule has 0 spiro atoms. The maximum Gasteiger partial charge on any atom is 0.252 e. The first-order chi connectivity index (χ1) is 15.8. The van der Waals surface area contributed by atoms with Crippen LogP contribution in [0.1, 0.15) is 55.0 Å². The summed E-state index contributed by atoms with van der Waals surface area (Å²) >= 11 is 1.29. The molecule has 1 amide bonds. The largest absolute Gasteiger partial charge is 0.352 e. The van der Waals surface area contributed by atoms with Gasteiger partial charge in [-0.1, -0.05) is 30.7 Å².